The van der Waals surface area contributed by atoms with E-state index < -0.39 is 0 Å². The maximum absolute atomic E-state index is 8.25. The smallest absolute Gasteiger partial charge is 0.197 e. The highest BCUT2D eigenvalue weighted by atomic mass is 15.3. The van der Waals surface area contributed by atoms with Crippen molar-refractivity contribution in [2.75, 3.05) is 74.5 Å². The van der Waals surface area contributed by atoms with E-state index in [-0.39, 0.29) is 11.9 Å². The first-order chi connectivity index (χ1) is 15.6. The van der Waals surface area contributed by atoms with Crippen molar-refractivity contribution in [1.82, 2.24) is 15.5 Å². The lowest BCUT2D eigenvalue weighted by atomic mass is 10.1. The molecule has 0 spiro atoms. The van der Waals surface area contributed by atoms with Gasteiger partial charge in [0.25, 0.3) is 0 Å². The minimum Gasteiger partial charge on any atom is -0.356 e. The van der Waals surface area contributed by atoms with Crippen molar-refractivity contribution >= 4 is 11.9 Å². The van der Waals surface area contributed by atoms with Gasteiger partial charge in [0.1, 0.15) is 0 Å². The average Bonchev–Trinajstić information content (AvgIpc) is 2.75. The Morgan fingerprint density at radius 2 is 1.70 bits per heavy atom. The highest BCUT2D eigenvalue weighted by Gasteiger charge is 2.23. The molecule has 186 valence electrons. The van der Waals surface area contributed by atoms with Crippen molar-refractivity contribution in [1.29, 1.82) is 10.8 Å². The summed E-state index contributed by atoms with van der Waals surface area (Å²) in [6.45, 7) is 6.51. The van der Waals surface area contributed by atoms with Crippen molar-refractivity contribution in [3.63, 3.8) is 0 Å². The number of rotatable bonds is 11. The Bertz CT molecular complexity index is 747. The molecule has 1 heterocycles. The lowest BCUT2D eigenvalue weighted by Gasteiger charge is -2.38. The molecule has 1 fully saturated rings. The third kappa shape index (κ3) is 11.0. The zero-order valence-electron chi connectivity index (χ0n) is 21.8. The van der Waals surface area contributed by atoms with Crippen LogP contribution in [0.3, 0.4) is 0 Å². The van der Waals surface area contributed by atoms with E-state index in [1.165, 1.54) is 60.9 Å². The summed E-state index contributed by atoms with van der Waals surface area (Å²) in [5.74, 6) is 0.479. The fraction of sp³-hybridized carbons (Fsp3) is 0.692. The highest BCUT2D eigenvalue weighted by molar-refractivity contribution is 5.95. The summed E-state index contributed by atoms with van der Waals surface area (Å²) in [4.78, 5) is 1.91. The summed E-state index contributed by atoms with van der Waals surface area (Å²) >= 11 is 0. The summed E-state index contributed by atoms with van der Waals surface area (Å²) < 4.78 is 2.18. The van der Waals surface area contributed by atoms with Crippen molar-refractivity contribution in [3.8, 4) is 0 Å². The number of hydrogen-bond acceptors (Lipinski definition) is 2. The third-order valence-corrected chi connectivity index (χ3v) is 6.74. The molecule has 4 N–H and O–H groups in total. The zero-order chi connectivity index (χ0) is 24.3. The number of unbranched alkanes of at least 4 members (excludes halogenated alkanes) is 1. The van der Waals surface area contributed by atoms with Crippen LogP contribution in [0.15, 0.2) is 24.3 Å². The molecule has 2 rings (SSSR count). The topological polar surface area (TPSA) is 75.0 Å². The van der Waals surface area contributed by atoms with Crippen LogP contribution in [-0.4, -0.2) is 100 Å². The van der Waals surface area contributed by atoms with Gasteiger partial charge >= 0.3 is 0 Å². The van der Waals surface area contributed by atoms with Crippen molar-refractivity contribution in [2.45, 2.75) is 44.9 Å². The van der Waals surface area contributed by atoms with Crippen LogP contribution in [-0.2, 0) is 12.8 Å². The summed E-state index contributed by atoms with van der Waals surface area (Å²) in [6, 6.07) is 8.75. The molecule has 0 atom stereocenters. The molecule has 0 aromatic heterocycles. The summed E-state index contributed by atoms with van der Waals surface area (Å²) in [5, 5.41) is 22.4. The first-order valence-corrected chi connectivity index (χ1v) is 12.7. The number of quaternary nitrogens is 2. The first kappa shape index (κ1) is 27.1. The Labute approximate surface area is 202 Å². The second-order valence-corrected chi connectivity index (χ2v) is 11.1. The molecule has 1 saturated heterocycles. The molecule has 0 radical (unpaired) electrons. The Kier molecular flexibility index (Phi) is 10.6. The predicted molar refractivity (Wildman–Crippen MR) is 140 cm³/mol. The van der Waals surface area contributed by atoms with Gasteiger partial charge in [-0.05, 0) is 49.7 Å². The van der Waals surface area contributed by atoms with Gasteiger partial charge in [0, 0.05) is 26.6 Å². The van der Waals surface area contributed by atoms with Crippen molar-refractivity contribution < 1.29 is 8.97 Å². The van der Waals surface area contributed by atoms with Crippen LogP contribution in [0.4, 0.5) is 0 Å². The van der Waals surface area contributed by atoms with E-state index in [0.29, 0.717) is 6.54 Å². The number of piperidine rings is 1. The molecule has 1 aliphatic heterocycles. The van der Waals surface area contributed by atoms with E-state index in [0.717, 1.165) is 36.8 Å². The van der Waals surface area contributed by atoms with E-state index in [2.05, 4.69) is 63.1 Å². The van der Waals surface area contributed by atoms with Gasteiger partial charge in [-0.15, -0.1) is 0 Å². The average molecular weight is 460 g/mol. The number of guanidine groups is 2. The molecule has 7 heteroatoms. The summed E-state index contributed by atoms with van der Waals surface area (Å²) in [7, 11) is 11.0. The van der Waals surface area contributed by atoms with E-state index >= 15 is 0 Å². The van der Waals surface area contributed by atoms with E-state index in [9.17, 15) is 0 Å². The molecule has 0 amide bonds. The Hall–Kier alpha value is -2.12. The number of benzene rings is 1. The van der Waals surface area contributed by atoms with Gasteiger partial charge in [0.05, 0.1) is 54.4 Å². The minimum atomic E-state index is 0.194. The SMILES string of the molecule is CN(CCCC[N+]1(C)CCCCC1)C(=N)NC(=N)NCCc1cccc(CC[N+](C)(C)C)c1. The first-order valence-electron chi connectivity index (χ1n) is 12.7. The number of nitrogens with one attached hydrogen (secondary N) is 4. The Morgan fingerprint density at radius 3 is 2.36 bits per heavy atom. The maximum Gasteiger partial charge on any atom is 0.197 e. The van der Waals surface area contributed by atoms with Gasteiger partial charge in [0.15, 0.2) is 11.9 Å². The van der Waals surface area contributed by atoms with Crippen LogP contribution in [0.5, 0.6) is 0 Å². The number of likely N-dealkylation sites (N-methyl/N-ethyl adjacent to an activating group) is 1. The molecular formula is C26H49N7+2. The lowest BCUT2D eigenvalue weighted by molar-refractivity contribution is -0.914. The normalized spacial score (nSPS) is 15.7. The summed E-state index contributed by atoms with van der Waals surface area (Å²) in [5.41, 5.74) is 2.65. The second kappa shape index (κ2) is 12.9. The molecule has 0 saturated carbocycles. The molecular weight excluding hydrogens is 410 g/mol. The van der Waals surface area contributed by atoms with Gasteiger partial charge in [-0.1, -0.05) is 24.3 Å². The Balaban J connectivity index is 1.62. The van der Waals surface area contributed by atoms with E-state index in [1.807, 2.05) is 11.9 Å². The molecule has 1 aromatic rings. The molecule has 1 aliphatic rings. The predicted octanol–water partition coefficient (Wildman–Crippen LogP) is 2.87. The van der Waals surface area contributed by atoms with Crippen LogP contribution in [0.2, 0.25) is 0 Å². The van der Waals surface area contributed by atoms with Gasteiger partial charge in [-0.3, -0.25) is 16.1 Å². The van der Waals surface area contributed by atoms with Crippen LogP contribution >= 0.6 is 0 Å². The van der Waals surface area contributed by atoms with Crippen molar-refractivity contribution in [3.05, 3.63) is 35.4 Å². The van der Waals surface area contributed by atoms with Crippen LogP contribution in [0.1, 0.15) is 43.2 Å². The number of nitrogens with zero attached hydrogens (tertiary/aromatic N) is 3. The molecule has 0 unspecified atom stereocenters. The molecule has 0 bridgehead atoms. The second-order valence-electron chi connectivity index (χ2n) is 11.1. The number of likely N-dealkylation sites (tertiary alicyclic amines) is 1. The molecule has 1 aromatic carbocycles. The van der Waals surface area contributed by atoms with Crippen LogP contribution in [0, 0.1) is 10.8 Å². The molecule has 7 nitrogen and oxygen atoms in total. The minimum absolute atomic E-state index is 0.194. The number of hydrogen-bond donors (Lipinski definition) is 4. The van der Waals surface area contributed by atoms with Crippen molar-refractivity contribution in [2.24, 2.45) is 0 Å². The third-order valence-electron chi connectivity index (χ3n) is 6.74. The lowest BCUT2D eigenvalue weighted by Crippen LogP contribution is -2.49. The maximum atomic E-state index is 8.25. The quantitative estimate of drug-likeness (QED) is 0.178. The molecule has 0 aliphatic carbocycles. The van der Waals surface area contributed by atoms with Crippen LogP contribution in [0.25, 0.3) is 0 Å². The Morgan fingerprint density at radius 1 is 1.03 bits per heavy atom. The standard InChI is InChI=1S/C26H49N7/c1-31(17-7-10-20-33(5)18-8-6-9-19-33)26(28)30-25(27)29-16-14-23-12-11-13-24(22-23)15-21-32(2,3)4/h11-13,22H,6-10,14-21H2,1-5H3,(H4,27,28,29,30)/q+2. The van der Waals surface area contributed by atoms with Gasteiger partial charge in [-0.25, -0.2) is 0 Å². The zero-order valence-corrected chi connectivity index (χ0v) is 21.8. The van der Waals surface area contributed by atoms with E-state index in [1.54, 1.807) is 0 Å². The van der Waals surface area contributed by atoms with E-state index in [4.69, 9.17) is 10.8 Å². The monoisotopic (exact) mass is 459 g/mol. The highest BCUT2D eigenvalue weighted by Crippen LogP contribution is 2.17. The largest absolute Gasteiger partial charge is 0.356 e. The summed E-state index contributed by atoms with van der Waals surface area (Å²) in [6.07, 6.45) is 8.33. The van der Waals surface area contributed by atoms with Gasteiger partial charge in [-0.2, -0.15) is 0 Å². The fourth-order valence-electron chi connectivity index (χ4n) is 4.45. The van der Waals surface area contributed by atoms with Crippen LogP contribution < -0.4 is 10.6 Å². The van der Waals surface area contributed by atoms with Gasteiger partial charge < -0.3 is 19.2 Å². The molecule has 33 heavy (non-hydrogen) atoms. The van der Waals surface area contributed by atoms with Gasteiger partial charge in [0.2, 0.25) is 0 Å². The fourth-order valence-corrected chi connectivity index (χ4v) is 4.45.